The molecule has 4 heterocycles. The van der Waals surface area contributed by atoms with Crippen molar-refractivity contribution < 1.29 is 18.4 Å². The molecule has 0 radical (unpaired) electrons. The monoisotopic (exact) mass is 491 g/mol. The van der Waals surface area contributed by atoms with Crippen molar-refractivity contribution >= 4 is 34.4 Å². The predicted octanol–water partition coefficient (Wildman–Crippen LogP) is 4.13. The molecule has 2 amide bonds. The lowest BCUT2D eigenvalue weighted by Crippen LogP contribution is -2.30. The van der Waals surface area contributed by atoms with Crippen LogP contribution >= 0.6 is 11.6 Å². The van der Waals surface area contributed by atoms with E-state index in [4.69, 9.17) is 17.3 Å². The highest BCUT2D eigenvalue weighted by molar-refractivity contribution is 6.32. The second-order valence-electron chi connectivity index (χ2n) is 7.89. The average molecular weight is 492 g/mol. The van der Waals surface area contributed by atoms with Crippen LogP contribution in [0.3, 0.4) is 0 Å². The first-order valence-electron chi connectivity index (χ1n) is 10.5. The SMILES string of the molecule is NC(=O)c1cnc2[nH]ccc2c1C#CCC(c1cc(F)ccc1F)N1Cc2c(Cl)ccnc2C1=O. The van der Waals surface area contributed by atoms with Crippen molar-refractivity contribution in [3.05, 3.63) is 93.5 Å². The summed E-state index contributed by atoms with van der Waals surface area (Å²) in [4.78, 5) is 37.6. The van der Waals surface area contributed by atoms with Gasteiger partial charge in [-0.2, -0.15) is 0 Å². The number of pyridine rings is 2. The number of H-pyrrole nitrogens is 1. The van der Waals surface area contributed by atoms with Gasteiger partial charge in [0, 0.05) is 52.1 Å². The largest absolute Gasteiger partial charge is 0.366 e. The minimum atomic E-state index is -0.948. The number of hydrogen-bond donors (Lipinski definition) is 2. The zero-order valence-electron chi connectivity index (χ0n) is 18.0. The first-order chi connectivity index (χ1) is 16.8. The van der Waals surface area contributed by atoms with Crippen LogP contribution in [-0.2, 0) is 6.54 Å². The summed E-state index contributed by atoms with van der Waals surface area (Å²) in [6, 6.07) is 5.36. The Kier molecular flexibility index (Phi) is 5.67. The van der Waals surface area contributed by atoms with E-state index in [1.54, 1.807) is 18.3 Å². The maximum atomic E-state index is 14.8. The summed E-state index contributed by atoms with van der Waals surface area (Å²) in [5.74, 6) is 3.34. The number of fused-ring (bicyclic) bond motifs is 2. The Morgan fingerprint density at radius 3 is 2.86 bits per heavy atom. The van der Waals surface area contributed by atoms with Gasteiger partial charge < -0.3 is 15.6 Å². The molecular formula is C25H16ClF2N5O2. The van der Waals surface area contributed by atoms with Crippen LogP contribution in [0.2, 0.25) is 5.02 Å². The maximum absolute atomic E-state index is 14.8. The molecule has 0 aliphatic carbocycles. The number of aromatic nitrogens is 3. The molecule has 3 N–H and O–H groups in total. The second kappa shape index (κ2) is 8.81. The van der Waals surface area contributed by atoms with Gasteiger partial charge in [0.25, 0.3) is 11.8 Å². The number of carbonyl (C=O) groups excluding carboxylic acids is 2. The quantitative estimate of drug-likeness (QED) is 0.419. The molecule has 0 bridgehead atoms. The van der Waals surface area contributed by atoms with E-state index in [1.165, 1.54) is 17.3 Å². The fourth-order valence-electron chi connectivity index (χ4n) is 4.16. The number of primary amides is 1. The fraction of sp³-hybridized carbons (Fsp3) is 0.120. The summed E-state index contributed by atoms with van der Waals surface area (Å²) < 4.78 is 28.9. The van der Waals surface area contributed by atoms with Gasteiger partial charge in [-0.15, -0.1) is 0 Å². The van der Waals surface area contributed by atoms with Gasteiger partial charge in [0.05, 0.1) is 18.2 Å². The Morgan fingerprint density at radius 1 is 1.26 bits per heavy atom. The van der Waals surface area contributed by atoms with Crippen LogP contribution in [0.4, 0.5) is 8.78 Å². The summed E-state index contributed by atoms with van der Waals surface area (Å²) in [6.07, 6.45) is 4.32. The topological polar surface area (TPSA) is 105 Å². The van der Waals surface area contributed by atoms with Gasteiger partial charge in [0.15, 0.2) is 0 Å². The summed E-state index contributed by atoms with van der Waals surface area (Å²) in [5, 5.41) is 0.941. The van der Waals surface area contributed by atoms with Crippen molar-refractivity contribution in [2.75, 3.05) is 0 Å². The van der Waals surface area contributed by atoms with E-state index in [0.717, 1.165) is 18.2 Å². The summed E-state index contributed by atoms with van der Waals surface area (Å²) in [7, 11) is 0. The van der Waals surface area contributed by atoms with Crippen LogP contribution in [0.5, 0.6) is 0 Å². The van der Waals surface area contributed by atoms with Gasteiger partial charge in [-0.25, -0.2) is 13.8 Å². The molecule has 0 spiro atoms. The van der Waals surface area contributed by atoms with Crippen LogP contribution in [0.15, 0.2) is 48.9 Å². The van der Waals surface area contributed by atoms with Crippen molar-refractivity contribution in [3.63, 3.8) is 0 Å². The van der Waals surface area contributed by atoms with Gasteiger partial charge in [-0.1, -0.05) is 23.4 Å². The molecule has 174 valence electrons. The van der Waals surface area contributed by atoms with Crippen molar-refractivity contribution in [1.82, 2.24) is 19.9 Å². The van der Waals surface area contributed by atoms with Gasteiger partial charge in [-0.3, -0.25) is 14.6 Å². The second-order valence-corrected chi connectivity index (χ2v) is 8.30. The Balaban J connectivity index is 1.57. The van der Waals surface area contributed by atoms with Crippen molar-refractivity contribution in [2.45, 2.75) is 19.0 Å². The summed E-state index contributed by atoms with van der Waals surface area (Å²) >= 11 is 6.25. The zero-order valence-corrected chi connectivity index (χ0v) is 18.7. The van der Waals surface area contributed by atoms with E-state index < -0.39 is 29.5 Å². The molecule has 3 aromatic heterocycles. The molecular weight excluding hydrogens is 476 g/mol. The molecule has 10 heteroatoms. The number of hydrogen-bond acceptors (Lipinski definition) is 4. The van der Waals surface area contributed by atoms with E-state index in [1.807, 2.05) is 0 Å². The van der Waals surface area contributed by atoms with Crippen molar-refractivity contribution in [2.24, 2.45) is 5.73 Å². The smallest absolute Gasteiger partial charge is 0.273 e. The summed E-state index contributed by atoms with van der Waals surface area (Å²) in [5.41, 5.74) is 7.11. The van der Waals surface area contributed by atoms with Gasteiger partial charge in [0.2, 0.25) is 0 Å². The number of carbonyl (C=O) groups is 2. The third-order valence-corrected chi connectivity index (χ3v) is 6.20. The Labute approximate surface area is 202 Å². The van der Waals surface area contributed by atoms with Crippen LogP contribution in [0.25, 0.3) is 11.0 Å². The predicted molar refractivity (Wildman–Crippen MR) is 124 cm³/mol. The van der Waals surface area contributed by atoms with Gasteiger partial charge in [-0.05, 0) is 30.3 Å². The zero-order chi connectivity index (χ0) is 24.7. The number of amides is 2. The Morgan fingerprint density at radius 2 is 2.09 bits per heavy atom. The molecule has 1 unspecified atom stereocenters. The van der Waals surface area contributed by atoms with E-state index in [2.05, 4.69) is 26.8 Å². The molecule has 4 aromatic rings. The number of nitrogens with zero attached hydrogens (tertiary/aromatic N) is 3. The number of halogens is 3. The highest BCUT2D eigenvalue weighted by atomic mass is 35.5. The van der Waals surface area contributed by atoms with Crippen LogP contribution < -0.4 is 5.73 Å². The lowest BCUT2D eigenvalue weighted by molar-refractivity contribution is 0.0696. The molecule has 0 saturated heterocycles. The highest BCUT2D eigenvalue weighted by Gasteiger charge is 2.36. The Bertz CT molecular complexity index is 1570. The number of rotatable bonds is 4. The van der Waals surface area contributed by atoms with E-state index in [0.29, 0.717) is 27.2 Å². The van der Waals surface area contributed by atoms with Crippen molar-refractivity contribution in [3.8, 4) is 11.8 Å². The minimum Gasteiger partial charge on any atom is -0.366 e. The average Bonchev–Trinajstić information content (AvgIpc) is 3.44. The van der Waals surface area contributed by atoms with Crippen LogP contribution in [0, 0.1) is 23.5 Å². The molecule has 0 saturated carbocycles. The van der Waals surface area contributed by atoms with Gasteiger partial charge >= 0.3 is 0 Å². The normalized spacial score (nSPS) is 13.5. The summed E-state index contributed by atoms with van der Waals surface area (Å²) in [6.45, 7) is 0.0625. The molecule has 5 rings (SSSR count). The first-order valence-corrected chi connectivity index (χ1v) is 10.9. The molecule has 1 atom stereocenters. The van der Waals surface area contributed by atoms with Crippen LogP contribution in [0.1, 0.15) is 50.0 Å². The molecule has 1 aliphatic rings. The van der Waals surface area contributed by atoms with Crippen LogP contribution in [-0.4, -0.2) is 31.7 Å². The fourth-order valence-corrected chi connectivity index (χ4v) is 4.36. The van der Waals surface area contributed by atoms with E-state index in [9.17, 15) is 18.4 Å². The van der Waals surface area contributed by atoms with E-state index >= 15 is 0 Å². The third-order valence-electron chi connectivity index (χ3n) is 5.84. The molecule has 1 aromatic carbocycles. The minimum absolute atomic E-state index is 0.0341. The third kappa shape index (κ3) is 3.98. The lowest BCUT2D eigenvalue weighted by Gasteiger charge is -2.27. The number of benzene rings is 1. The van der Waals surface area contributed by atoms with E-state index in [-0.39, 0.29) is 29.8 Å². The number of nitrogens with two attached hydrogens (primary N) is 1. The Hall–Kier alpha value is -4.29. The number of nitrogens with one attached hydrogen (secondary N) is 1. The van der Waals surface area contributed by atoms with Crippen molar-refractivity contribution in [1.29, 1.82) is 0 Å². The molecule has 35 heavy (non-hydrogen) atoms. The molecule has 7 nitrogen and oxygen atoms in total. The lowest BCUT2D eigenvalue weighted by atomic mass is 10.0. The number of aromatic amines is 1. The maximum Gasteiger partial charge on any atom is 0.273 e. The molecule has 1 aliphatic heterocycles. The standard InChI is InChI=1S/C25H16ClF2N5O2/c26-19-7-9-30-22-18(19)12-33(25(22)35)21(16-10-13(27)4-5-20(16)28)3-1-2-14-15-6-8-31-24(15)32-11-17(14)23(29)34/h4-11,21H,3,12H2,(H2,29,34)(H,31,32). The highest BCUT2D eigenvalue weighted by Crippen LogP contribution is 2.36. The first kappa shape index (κ1) is 22.5. The van der Waals surface area contributed by atoms with Gasteiger partial charge in [0.1, 0.15) is 23.0 Å². The molecule has 0 fully saturated rings.